The Balaban J connectivity index is 2.03. The van der Waals surface area contributed by atoms with Crippen molar-refractivity contribution in [2.24, 2.45) is 17.6 Å². The minimum Gasteiger partial charge on any atom is -0.329 e. The van der Waals surface area contributed by atoms with Gasteiger partial charge in [-0.05, 0) is 44.1 Å². The molecule has 1 saturated carbocycles. The van der Waals surface area contributed by atoms with Gasteiger partial charge in [0.15, 0.2) is 0 Å². The van der Waals surface area contributed by atoms with Crippen molar-refractivity contribution in [3.05, 3.63) is 0 Å². The molecular formula is C15H30N2. The molecule has 17 heavy (non-hydrogen) atoms. The Morgan fingerprint density at radius 2 is 2.12 bits per heavy atom. The third-order valence-corrected chi connectivity index (χ3v) is 5.38. The molecule has 2 N–H and O–H groups in total. The Morgan fingerprint density at radius 1 is 1.29 bits per heavy atom. The van der Waals surface area contributed by atoms with E-state index >= 15 is 0 Å². The average Bonchev–Trinajstić information content (AvgIpc) is 2.95. The maximum Gasteiger partial charge on any atom is 0.0359 e. The summed E-state index contributed by atoms with van der Waals surface area (Å²) in [6.07, 6.45) is 9.62. The molecule has 0 amide bonds. The van der Waals surface area contributed by atoms with E-state index in [4.69, 9.17) is 5.73 Å². The van der Waals surface area contributed by atoms with Crippen molar-refractivity contribution in [3.63, 3.8) is 0 Å². The van der Waals surface area contributed by atoms with Crippen LogP contribution in [0.5, 0.6) is 0 Å². The third kappa shape index (κ3) is 2.39. The fourth-order valence-corrected chi connectivity index (χ4v) is 4.41. The van der Waals surface area contributed by atoms with Gasteiger partial charge in [-0.3, -0.25) is 4.90 Å². The molecule has 2 aliphatic rings. The van der Waals surface area contributed by atoms with Crippen LogP contribution in [0.4, 0.5) is 0 Å². The second-order valence-corrected chi connectivity index (χ2v) is 6.19. The lowest BCUT2D eigenvalue weighted by molar-refractivity contribution is 0.0754. The number of hydrogen-bond donors (Lipinski definition) is 1. The molecule has 2 fully saturated rings. The summed E-state index contributed by atoms with van der Waals surface area (Å²) in [5.41, 5.74) is 6.56. The molecule has 0 radical (unpaired) electrons. The first kappa shape index (κ1) is 13.4. The van der Waals surface area contributed by atoms with Gasteiger partial charge in [0.05, 0.1) is 0 Å². The average molecular weight is 238 g/mol. The Bertz CT molecular complexity index is 241. The van der Waals surface area contributed by atoms with Crippen molar-refractivity contribution in [2.75, 3.05) is 19.6 Å². The molecular weight excluding hydrogens is 208 g/mol. The summed E-state index contributed by atoms with van der Waals surface area (Å²) >= 11 is 0. The van der Waals surface area contributed by atoms with Crippen LogP contribution in [0.25, 0.3) is 0 Å². The summed E-state index contributed by atoms with van der Waals surface area (Å²) in [6, 6.07) is 0. The molecule has 0 aromatic carbocycles. The lowest BCUT2D eigenvalue weighted by atomic mass is 9.83. The molecule has 3 unspecified atom stereocenters. The molecule has 0 spiro atoms. The van der Waals surface area contributed by atoms with Crippen LogP contribution in [0.3, 0.4) is 0 Å². The van der Waals surface area contributed by atoms with Crippen molar-refractivity contribution < 1.29 is 0 Å². The summed E-state index contributed by atoms with van der Waals surface area (Å²) in [7, 11) is 0. The predicted molar refractivity (Wildman–Crippen MR) is 74.0 cm³/mol. The zero-order chi connectivity index (χ0) is 12.3. The van der Waals surface area contributed by atoms with Crippen molar-refractivity contribution in [1.82, 2.24) is 4.90 Å². The van der Waals surface area contributed by atoms with Crippen molar-refractivity contribution in [1.29, 1.82) is 0 Å². The quantitative estimate of drug-likeness (QED) is 0.798. The standard InChI is InChI=1S/C15H30N2/c1-3-6-13-8-10-17(11-13)15(12-16)9-5-7-14(15)4-2/h13-14H,3-12,16H2,1-2H3. The molecule has 1 aliphatic heterocycles. The van der Waals surface area contributed by atoms with Crippen LogP contribution in [-0.2, 0) is 0 Å². The Hall–Kier alpha value is -0.0800. The van der Waals surface area contributed by atoms with E-state index < -0.39 is 0 Å². The highest BCUT2D eigenvalue weighted by molar-refractivity contribution is 5.03. The van der Waals surface area contributed by atoms with Crippen LogP contribution in [-0.4, -0.2) is 30.1 Å². The third-order valence-electron chi connectivity index (χ3n) is 5.38. The summed E-state index contributed by atoms with van der Waals surface area (Å²) in [5.74, 6) is 1.80. The second-order valence-electron chi connectivity index (χ2n) is 6.19. The van der Waals surface area contributed by atoms with E-state index in [1.807, 2.05) is 0 Å². The van der Waals surface area contributed by atoms with Gasteiger partial charge in [0.25, 0.3) is 0 Å². The van der Waals surface area contributed by atoms with Crippen LogP contribution < -0.4 is 5.73 Å². The lowest BCUT2D eigenvalue weighted by Gasteiger charge is -2.43. The van der Waals surface area contributed by atoms with Gasteiger partial charge < -0.3 is 5.73 Å². The van der Waals surface area contributed by atoms with Gasteiger partial charge in [0.2, 0.25) is 0 Å². The predicted octanol–water partition coefficient (Wildman–Crippen LogP) is 3.02. The van der Waals surface area contributed by atoms with Gasteiger partial charge in [0.1, 0.15) is 0 Å². The summed E-state index contributed by atoms with van der Waals surface area (Å²) in [4.78, 5) is 2.77. The maximum atomic E-state index is 6.19. The fourth-order valence-electron chi connectivity index (χ4n) is 4.41. The van der Waals surface area contributed by atoms with Gasteiger partial charge in [-0.2, -0.15) is 0 Å². The van der Waals surface area contributed by atoms with E-state index in [1.165, 1.54) is 58.0 Å². The molecule has 1 aliphatic carbocycles. The normalized spacial score (nSPS) is 39.0. The SMILES string of the molecule is CCCC1CCN(C2(CN)CCCC2CC)C1. The monoisotopic (exact) mass is 238 g/mol. The number of nitrogens with zero attached hydrogens (tertiary/aromatic N) is 1. The second kappa shape index (κ2) is 5.71. The molecule has 1 saturated heterocycles. The van der Waals surface area contributed by atoms with Gasteiger partial charge in [-0.25, -0.2) is 0 Å². The van der Waals surface area contributed by atoms with Crippen molar-refractivity contribution in [2.45, 2.75) is 64.3 Å². The first-order chi connectivity index (χ1) is 8.26. The first-order valence-corrected chi connectivity index (χ1v) is 7.72. The van der Waals surface area contributed by atoms with E-state index in [1.54, 1.807) is 0 Å². The smallest absolute Gasteiger partial charge is 0.0359 e. The van der Waals surface area contributed by atoms with E-state index in [-0.39, 0.29) is 0 Å². The summed E-state index contributed by atoms with van der Waals surface area (Å²) in [5, 5.41) is 0. The molecule has 2 nitrogen and oxygen atoms in total. The van der Waals surface area contributed by atoms with Gasteiger partial charge in [0, 0.05) is 18.6 Å². The van der Waals surface area contributed by atoms with Crippen LogP contribution in [0.1, 0.15) is 58.8 Å². The molecule has 100 valence electrons. The first-order valence-electron chi connectivity index (χ1n) is 7.72. The van der Waals surface area contributed by atoms with Crippen molar-refractivity contribution >= 4 is 0 Å². The number of rotatable bonds is 5. The Labute approximate surface area is 107 Å². The van der Waals surface area contributed by atoms with Gasteiger partial charge in [-0.15, -0.1) is 0 Å². The molecule has 0 aromatic rings. The molecule has 2 heteroatoms. The number of likely N-dealkylation sites (tertiary alicyclic amines) is 1. The molecule has 2 rings (SSSR count). The molecule has 0 aromatic heterocycles. The van der Waals surface area contributed by atoms with Gasteiger partial charge >= 0.3 is 0 Å². The summed E-state index contributed by atoms with van der Waals surface area (Å²) < 4.78 is 0. The molecule has 1 heterocycles. The van der Waals surface area contributed by atoms with Crippen LogP contribution in [0.15, 0.2) is 0 Å². The lowest BCUT2D eigenvalue weighted by Crippen LogP contribution is -2.55. The zero-order valence-electron chi connectivity index (χ0n) is 11.8. The van der Waals surface area contributed by atoms with Crippen LogP contribution >= 0.6 is 0 Å². The summed E-state index contributed by atoms with van der Waals surface area (Å²) in [6.45, 7) is 8.16. The highest BCUT2D eigenvalue weighted by atomic mass is 15.2. The van der Waals surface area contributed by atoms with Crippen LogP contribution in [0.2, 0.25) is 0 Å². The highest BCUT2D eigenvalue weighted by Gasteiger charge is 2.47. The minimum atomic E-state index is 0.372. The van der Waals surface area contributed by atoms with Gasteiger partial charge in [-0.1, -0.05) is 33.1 Å². The zero-order valence-corrected chi connectivity index (χ0v) is 11.8. The topological polar surface area (TPSA) is 29.3 Å². The maximum absolute atomic E-state index is 6.19. The van der Waals surface area contributed by atoms with E-state index in [0.717, 1.165) is 18.4 Å². The van der Waals surface area contributed by atoms with Crippen LogP contribution in [0, 0.1) is 11.8 Å². The molecule has 3 atom stereocenters. The van der Waals surface area contributed by atoms with E-state index in [9.17, 15) is 0 Å². The number of hydrogen-bond acceptors (Lipinski definition) is 2. The van der Waals surface area contributed by atoms with E-state index in [0.29, 0.717) is 5.54 Å². The highest BCUT2D eigenvalue weighted by Crippen LogP contribution is 2.44. The number of nitrogens with two attached hydrogens (primary N) is 1. The van der Waals surface area contributed by atoms with Crippen molar-refractivity contribution in [3.8, 4) is 0 Å². The fraction of sp³-hybridized carbons (Fsp3) is 1.00. The Kier molecular flexibility index (Phi) is 4.48. The van der Waals surface area contributed by atoms with E-state index in [2.05, 4.69) is 18.7 Å². The molecule has 0 bridgehead atoms. The largest absolute Gasteiger partial charge is 0.329 e. The Morgan fingerprint density at radius 3 is 2.76 bits per heavy atom. The minimum absolute atomic E-state index is 0.372.